The van der Waals surface area contributed by atoms with E-state index in [0.29, 0.717) is 0 Å². The Balaban J connectivity index is 4.04. The van der Waals surface area contributed by atoms with Gasteiger partial charge in [-0.3, -0.25) is 4.79 Å². The summed E-state index contributed by atoms with van der Waals surface area (Å²) in [5.41, 5.74) is 0. The Hall–Kier alpha value is -0.440. The number of ether oxygens (including phenoxy) is 1. The van der Waals surface area contributed by atoms with Crippen LogP contribution < -0.4 is 0 Å². The molecule has 0 aliphatic rings. The molecular weight excluding hydrogens is 208 g/mol. The van der Waals surface area contributed by atoms with Crippen molar-refractivity contribution in [2.24, 2.45) is 5.92 Å². The SMILES string of the molecule is C=CCCCSC(C)(C)[C@H](C)C(=O)OC. The first-order valence-corrected chi connectivity index (χ1v) is 6.27. The summed E-state index contributed by atoms with van der Waals surface area (Å²) in [7, 11) is 1.44. The Morgan fingerprint density at radius 2 is 2.20 bits per heavy atom. The lowest BCUT2D eigenvalue weighted by Gasteiger charge is -2.29. The number of methoxy groups -OCH3 is 1. The number of rotatable bonds is 7. The number of hydrogen-bond donors (Lipinski definition) is 0. The van der Waals surface area contributed by atoms with Crippen LogP contribution in [-0.4, -0.2) is 23.6 Å². The van der Waals surface area contributed by atoms with Gasteiger partial charge in [0.1, 0.15) is 0 Å². The minimum Gasteiger partial charge on any atom is -0.469 e. The van der Waals surface area contributed by atoms with Crippen LogP contribution in [0.3, 0.4) is 0 Å². The van der Waals surface area contributed by atoms with E-state index in [2.05, 4.69) is 20.4 Å². The first-order valence-electron chi connectivity index (χ1n) is 5.28. The average Bonchev–Trinajstić information content (AvgIpc) is 2.22. The number of allylic oxidation sites excluding steroid dienone is 1. The fourth-order valence-corrected chi connectivity index (χ4v) is 2.33. The molecule has 0 unspecified atom stereocenters. The van der Waals surface area contributed by atoms with Gasteiger partial charge in [-0.05, 0) is 32.4 Å². The second-order valence-corrected chi connectivity index (χ2v) is 5.88. The van der Waals surface area contributed by atoms with Crippen molar-refractivity contribution in [2.45, 2.75) is 38.4 Å². The lowest BCUT2D eigenvalue weighted by atomic mass is 9.97. The van der Waals surface area contributed by atoms with E-state index in [9.17, 15) is 4.79 Å². The van der Waals surface area contributed by atoms with Crippen molar-refractivity contribution in [1.82, 2.24) is 0 Å². The number of hydrogen-bond acceptors (Lipinski definition) is 3. The van der Waals surface area contributed by atoms with Crippen molar-refractivity contribution in [1.29, 1.82) is 0 Å². The highest BCUT2D eigenvalue weighted by molar-refractivity contribution is 8.00. The lowest BCUT2D eigenvalue weighted by Crippen LogP contribution is -2.33. The summed E-state index contributed by atoms with van der Waals surface area (Å²) in [6.07, 6.45) is 4.08. The summed E-state index contributed by atoms with van der Waals surface area (Å²) >= 11 is 1.82. The summed E-state index contributed by atoms with van der Waals surface area (Å²) in [4.78, 5) is 11.4. The van der Waals surface area contributed by atoms with Gasteiger partial charge < -0.3 is 4.74 Å². The Kier molecular flexibility index (Phi) is 6.73. The molecule has 0 radical (unpaired) electrons. The standard InChI is InChI=1S/C12H22O2S/c1-6-7-8-9-15-12(3,4)10(2)11(13)14-5/h6,10H,1,7-9H2,2-5H3/t10-/m1/s1. The third-order valence-electron chi connectivity index (χ3n) is 2.62. The van der Waals surface area contributed by atoms with E-state index in [-0.39, 0.29) is 16.6 Å². The molecule has 15 heavy (non-hydrogen) atoms. The van der Waals surface area contributed by atoms with Gasteiger partial charge in [0, 0.05) is 4.75 Å². The van der Waals surface area contributed by atoms with E-state index < -0.39 is 0 Å². The topological polar surface area (TPSA) is 26.3 Å². The lowest BCUT2D eigenvalue weighted by molar-refractivity contribution is -0.145. The molecule has 3 heteroatoms. The predicted molar refractivity (Wildman–Crippen MR) is 67.1 cm³/mol. The van der Waals surface area contributed by atoms with Crippen molar-refractivity contribution < 1.29 is 9.53 Å². The van der Waals surface area contributed by atoms with Crippen molar-refractivity contribution in [2.75, 3.05) is 12.9 Å². The molecule has 0 aliphatic heterocycles. The maximum absolute atomic E-state index is 11.4. The van der Waals surface area contributed by atoms with Crippen LogP contribution in [0, 0.1) is 5.92 Å². The zero-order chi connectivity index (χ0) is 11.9. The van der Waals surface area contributed by atoms with Crippen molar-refractivity contribution in [3.63, 3.8) is 0 Å². The molecule has 0 aliphatic carbocycles. The highest BCUT2D eigenvalue weighted by atomic mass is 32.2. The molecule has 0 saturated heterocycles. The smallest absolute Gasteiger partial charge is 0.309 e. The third-order valence-corrected chi connectivity index (χ3v) is 4.21. The second-order valence-electron chi connectivity index (χ2n) is 4.13. The van der Waals surface area contributed by atoms with Gasteiger partial charge in [-0.1, -0.05) is 13.0 Å². The van der Waals surface area contributed by atoms with Crippen LogP contribution in [0.5, 0.6) is 0 Å². The van der Waals surface area contributed by atoms with Gasteiger partial charge in [0.2, 0.25) is 0 Å². The monoisotopic (exact) mass is 230 g/mol. The van der Waals surface area contributed by atoms with E-state index >= 15 is 0 Å². The summed E-state index contributed by atoms with van der Waals surface area (Å²) in [5.74, 6) is 0.854. The van der Waals surface area contributed by atoms with Crippen LogP contribution in [0.15, 0.2) is 12.7 Å². The molecule has 0 fully saturated rings. The third kappa shape index (κ3) is 5.26. The molecule has 0 amide bonds. The maximum atomic E-state index is 11.4. The Morgan fingerprint density at radius 3 is 2.67 bits per heavy atom. The summed E-state index contributed by atoms with van der Waals surface area (Å²) in [5, 5.41) is 0. The van der Waals surface area contributed by atoms with Crippen molar-refractivity contribution >= 4 is 17.7 Å². The minimum atomic E-state index is -0.128. The van der Waals surface area contributed by atoms with Crippen molar-refractivity contribution in [3.8, 4) is 0 Å². The molecule has 88 valence electrons. The van der Waals surface area contributed by atoms with Crippen LogP contribution in [0.2, 0.25) is 0 Å². The fraction of sp³-hybridized carbons (Fsp3) is 0.750. The molecule has 0 aromatic rings. The van der Waals surface area contributed by atoms with Gasteiger partial charge in [-0.2, -0.15) is 11.8 Å². The normalized spacial score (nSPS) is 13.3. The van der Waals surface area contributed by atoms with Crippen LogP contribution in [0.1, 0.15) is 33.6 Å². The number of carbonyl (C=O) groups excluding carboxylic acids is 1. The Morgan fingerprint density at radius 1 is 1.60 bits per heavy atom. The molecule has 0 aromatic carbocycles. The molecule has 1 atom stereocenters. The molecule has 0 bridgehead atoms. The summed E-state index contributed by atoms with van der Waals surface area (Å²) in [6, 6.07) is 0. The molecule has 0 N–H and O–H groups in total. The van der Waals surface area contributed by atoms with Crippen molar-refractivity contribution in [3.05, 3.63) is 12.7 Å². The molecule has 0 saturated carbocycles. The van der Waals surface area contributed by atoms with E-state index in [0.717, 1.165) is 18.6 Å². The average molecular weight is 230 g/mol. The van der Waals surface area contributed by atoms with Crippen LogP contribution in [0.25, 0.3) is 0 Å². The first kappa shape index (κ1) is 14.6. The molecule has 0 rings (SSSR count). The highest BCUT2D eigenvalue weighted by Crippen LogP contribution is 2.33. The number of unbranched alkanes of at least 4 members (excludes halogenated alkanes) is 1. The second kappa shape index (κ2) is 6.94. The minimum absolute atomic E-state index is 0.0612. The van der Waals surface area contributed by atoms with E-state index in [4.69, 9.17) is 4.74 Å². The van der Waals surface area contributed by atoms with Gasteiger partial charge >= 0.3 is 5.97 Å². The maximum Gasteiger partial charge on any atom is 0.309 e. The van der Waals surface area contributed by atoms with Crippen LogP contribution >= 0.6 is 11.8 Å². The zero-order valence-corrected chi connectivity index (χ0v) is 11.0. The van der Waals surface area contributed by atoms with Gasteiger partial charge in [0.05, 0.1) is 13.0 Å². The first-order chi connectivity index (χ1) is 6.95. The fourth-order valence-electron chi connectivity index (χ4n) is 1.15. The summed E-state index contributed by atoms with van der Waals surface area (Å²) < 4.78 is 4.70. The number of esters is 1. The Labute approximate surface area is 97.5 Å². The van der Waals surface area contributed by atoms with E-state index in [1.165, 1.54) is 7.11 Å². The van der Waals surface area contributed by atoms with E-state index in [1.54, 1.807) is 0 Å². The molecule has 0 spiro atoms. The van der Waals surface area contributed by atoms with Gasteiger partial charge in [0.25, 0.3) is 0 Å². The molecule has 2 nitrogen and oxygen atoms in total. The highest BCUT2D eigenvalue weighted by Gasteiger charge is 2.32. The largest absolute Gasteiger partial charge is 0.469 e. The molecule has 0 aromatic heterocycles. The Bertz CT molecular complexity index is 212. The van der Waals surface area contributed by atoms with Gasteiger partial charge in [-0.25, -0.2) is 0 Å². The number of carbonyl (C=O) groups is 1. The molecular formula is C12H22O2S. The van der Waals surface area contributed by atoms with Crippen LogP contribution in [0.4, 0.5) is 0 Å². The quantitative estimate of drug-likeness (QED) is 0.381. The van der Waals surface area contributed by atoms with E-state index in [1.807, 2.05) is 24.8 Å². The zero-order valence-electron chi connectivity index (χ0n) is 10.2. The predicted octanol–water partition coefficient (Wildman–Crippen LogP) is 3.27. The van der Waals surface area contributed by atoms with Crippen LogP contribution in [-0.2, 0) is 9.53 Å². The van der Waals surface area contributed by atoms with Gasteiger partial charge in [-0.15, -0.1) is 6.58 Å². The molecule has 0 heterocycles. The van der Waals surface area contributed by atoms with Gasteiger partial charge in [0.15, 0.2) is 0 Å². The summed E-state index contributed by atoms with van der Waals surface area (Å²) in [6.45, 7) is 9.79. The number of thioether (sulfide) groups is 1.